The lowest BCUT2D eigenvalue weighted by atomic mass is 9.85. The number of Topliss-reactive ketones (excluding diaryl/α,β-unsaturated/α-hetero) is 1. The summed E-state index contributed by atoms with van der Waals surface area (Å²) in [6, 6.07) is 3.22. The Kier molecular flexibility index (Phi) is 6.09. The number of halogens is 2. The first-order chi connectivity index (χ1) is 10.9. The van der Waals surface area contributed by atoms with Crippen molar-refractivity contribution in [2.75, 3.05) is 33.4 Å². The van der Waals surface area contributed by atoms with E-state index in [1.54, 1.807) is 18.2 Å². The van der Waals surface area contributed by atoms with Crippen molar-refractivity contribution in [1.82, 2.24) is 4.90 Å². The maximum Gasteiger partial charge on any atom is 0.183 e. The number of ether oxygens (including phenoxy) is 2. The molecule has 0 amide bonds. The first kappa shape index (κ1) is 18.3. The maximum atomic E-state index is 13.2. The van der Waals surface area contributed by atoms with Crippen LogP contribution in [0.5, 0.6) is 5.75 Å². The van der Waals surface area contributed by atoms with E-state index in [0.29, 0.717) is 54.1 Å². The first-order valence-corrected chi connectivity index (χ1v) is 8.21. The topological polar surface area (TPSA) is 38.8 Å². The zero-order valence-electron chi connectivity index (χ0n) is 13.4. The largest absolute Gasteiger partial charge is 0.494 e. The Bertz CT molecular complexity index is 576. The summed E-state index contributed by atoms with van der Waals surface area (Å²) < 4.78 is 10.5. The highest BCUT2D eigenvalue weighted by Gasteiger charge is 2.39. The Morgan fingerprint density at radius 2 is 1.96 bits per heavy atom. The molecular weight excluding hydrogens is 337 g/mol. The molecule has 0 bridgehead atoms. The lowest BCUT2D eigenvalue weighted by Crippen LogP contribution is -2.56. The van der Waals surface area contributed by atoms with Gasteiger partial charge in [0.2, 0.25) is 0 Å². The van der Waals surface area contributed by atoms with Gasteiger partial charge in [0.15, 0.2) is 11.5 Å². The number of carbonyl (C=O) groups excluding carboxylic acids is 1. The van der Waals surface area contributed by atoms with Crippen molar-refractivity contribution >= 4 is 29.0 Å². The fourth-order valence-corrected chi connectivity index (χ4v) is 3.54. The molecule has 0 aromatic heterocycles. The van der Waals surface area contributed by atoms with Gasteiger partial charge in [0, 0.05) is 18.7 Å². The number of rotatable bonds is 6. The van der Waals surface area contributed by atoms with Gasteiger partial charge in [-0.1, -0.05) is 29.3 Å². The van der Waals surface area contributed by atoms with Gasteiger partial charge in [-0.15, -0.1) is 6.58 Å². The lowest BCUT2D eigenvalue weighted by molar-refractivity contribution is -0.00871. The minimum Gasteiger partial charge on any atom is -0.494 e. The molecule has 1 saturated heterocycles. The van der Waals surface area contributed by atoms with Crippen LogP contribution in [0.2, 0.25) is 10.0 Å². The van der Waals surface area contributed by atoms with E-state index < -0.39 is 5.54 Å². The maximum absolute atomic E-state index is 13.2. The summed E-state index contributed by atoms with van der Waals surface area (Å²) in [4.78, 5) is 15.3. The highest BCUT2D eigenvalue weighted by atomic mass is 35.5. The van der Waals surface area contributed by atoms with Gasteiger partial charge in [0.1, 0.15) is 0 Å². The van der Waals surface area contributed by atoms with E-state index in [9.17, 15) is 4.79 Å². The van der Waals surface area contributed by atoms with Gasteiger partial charge >= 0.3 is 0 Å². The normalized spacial score (nSPS) is 18.3. The van der Waals surface area contributed by atoms with Gasteiger partial charge in [-0.3, -0.25) is 9.69 Å². The van der Waals surface area contributed by atoms with Crippen LogP contribution in [0.3, 0.4) is 0 Å². The van der Waals surface area contributed by atoms with Crippen molar-refractivity contribution in [1.29, 1.82) is 0 Å². The lowest BCUT2D eigenvalue weighted by Gasteiger charge is -2.41. The third kappa shape index (κ3) is 3.72. The van der Waals surface area contributed by atoms with Gasteiger partial charge in [0.05, 0.1) is 35.9 Å². The summed E-state index contributed by atoms with van der Waals surface area (Å²) in [5, 5.41) is 0.651. The Morgan fingerprint density at radius 1 is 1.39 bits per heavy atom. The molecule has 1 heterocycles. The average molecular weight is 358 g/mol. The molecule has 6 heteroatoms. The summed E-state index contributed by atoms with van der Waals surface area (Å²) >= 11 is 12.4. The van der Waals surface area contributed by atoms with E-state index in [-0.39, 0.29) is 5.78 Å². The fraction of sp³-hybridized carbons (Fsp3) is 0.471. The molecule has 1 aliphatic rings. The van der Waals surface area contributed by atoms with Crippen LogP contribution in [-0.2, 0) is 4.74 Å². The van der Waals surface area contributed by atoms with E-state index in [1.807, 2.05) is 6.92 Å². The number of ketones is 1. The van der Waals surface area contributed by atoms with Gasteiger partial charge in [-0.2, -0.15) is 0 Å². The predicted molar refractivity (Wildman–Crippen MR) is 93.0 cm³/mol. The van der Waals surface area contributed by atoms with Crippen molar-refractivity contribution in [2.24, 2.45) is 0 Å². The number of hydrogen-bond donors (Lipinski definition) is 0. The van der Waals surface area contributed by atoms with Crippen LogP contribution < -0.4 is 4.74 Å². The van der Waals surface area contributed by atoms with Crippen molar-refractivity contribution in [3.8, 4) is 5.75 Å². The SMILES string of the molecule is C=CCC(C)(C(=O)c1cc(Cl)c(OC)c(Cl)c1)N1CCOCC1. The molecule has 1 aromatic carbocycles. The second-order valence-electron chi connectivity index (χ2n) is 5.67. The molecule has 1 atom stereocenters. The zero-order valence-corrected chi connectivity index (χ0v) is 14.9. The zero-order chi connectivity index (χ0) is 17.0. The second-order valence-corrected chi connectivity index (χ2v) is 6.48. The standard InChI is InChI=1S/C17H21Cl2NO3/c1-4-5-17(2,20-6-8-23-9-7-20)16(21)12-10-13(18)15(22-3)14(19)11-12/h4,10-11H,1,5-9H2,2-3H3. The Hall–Kier alpha value is -1.07. The molecule has 23 heavy (non-hydrogen) atoms. The minimum atomic E-state index is -0.702. The van der Waals surface area contributed by atoms with Gasteiger partial charge in [-0.05, 0) is 25.5 Å². The van der Waals surface area contributed by atoms with Crippen LogP contribution >= 0.6 is 23.2 Å². The van der Waals surface area contributed by atoms with Crippen molar-refractivity contribution < 1.29 is 14.3 Å². The summed E-state index contributed by atoms with van der Waals surface area (Å²) in [6.45, 7) is 8.36. The summed E-state index contributed by atoms with van der Waals surface area (Å²) in [6.07, 6.45) is 2.30. The number of methoxy groups -OCH3 is 1. The molecule has 0 aliphatic carbocycles. The Morgan fingerprint density at radius 3 is 2.43 bits per heavy atom. The van der Waals surface area contributed by atoms with Crippen LogP contribution in [-0.4, -0.2) is 49.6 Å². The van der Waals surface area contributed by atoms with Crippen LogP contribution in [0.1, 0.15) is 23.7 Å². The average Bonchev–Trinajstić information content (AvgIpc) is 2.54. The number of carbonyl (C=O) groups is 1. The molecule has 2 rings (SSSR count). The molecule has 1 aromatic rings. The first-order valence-electron chi connectivity index (χ1n) is 7.45. The van der Waals surface area contributed by atoms with E-state index >= 15 is 0 Å². The highest BCUT2D eigenvalue weighted by Crippen LogP contribution is 2.36. The molecule has 1 unspecified atom stereocenters. The minimum absolute atomic E-state index is 0.0363. The molecule has 0 radical (unpaired) electrons. The van der Waals surface area contributed by atoms with Crippen LogP contribution in [0, 0.1) is 0 Å². The molecule has 0 saturated carbocycles. The predicted octanol–water partition coefficient (Wildman–Crippen LogP) is 3.85. The summed E-state index contributed by atoms with van der Waals surface area (Å²) in [7, 11) is 1.49. The molecule has 1 fully saturated rings. The van der Waals surface area contributed by atoms with Gasteiger partial charge < -0.3 is 9.47 Å². The van der Waals surface area contributed by atoms with E-state index in [1.165, 1.54) is 7.11 Å². The quantitative estimate of drug-likeness (QED) is 0.572. The molecular formula is C17H21Cl2NO3. The molecule has 1 aliphatic heterocycles. The molecule has 0 N–H and O–H groups in total. The molecule has 4 nitrogen and oxygen atoms in total. The third-order valence-electron chi connectivity index (χ3n) is 4.20. The van der Waals surface area contributed by atoms with Crippen LogP contribution in [0.15, 0.2) is 24.8 Å². The van der Waals surface area contributed by atoms with Gasteiger partial charge in [-0.25, -0.2) is 0 Å². The van der Waals surface area contributed by atoms with Crippen molar-refractivity contribution in [2.45, 2.75) is 18.9 Å². The molecule has 126 valence electrons. The van der Waals surface area contributed by atoms with Crippen LogP contribution in [0.4, 0.5) is 0 Å². The smallest absolute Gasteiger partial charge is 0.183 e. The van der Waals surface area contributed by atoms with Gasteiger partial charge in [0.25, 0.3) is 0 Å². The Labute approximate surface area is 147 Å². The molecule has 0 spiro atoms. The van der Waals surface area contributed by atoms with E-state index in [2.05, 4.69) is 11.5 Å². The van der Waals surface area contributed by atoms with E-state index in [4.69, 9.17) is 32.7 Å². The van der Waals surface area contributed by atoms with Crippen molar-refractivity contribution in [3.63, 3.8) is 0 Å². The monoisotopic (exact) mass is 357 g/mol. The Balaban J connectivity index is 2.39. The number of morpholine rings is 1. The third-order valence-corrected chi connectivity index (χ3v) is 4.77. The number of benzene rings is 1. The van der Waals surface area contributed by atoms with Crippen LogP contribution in [0.25, 0.3) is 0 Å². The summed E-state index contributed by atoms with van der Waals surface area (Å²) in [5.41, 5.74) is -0.232. The summed E-state index contributed by atoms with van der Waals surface area (Å²) in [5.74, 6) is 0.340. The van der Waals surface area contributed by atoms with E-state index in [0.717, 1.165) is 0 Å². The fourth-order valence-electron chi connectivity index (χ4n) is 2.90. The number of nitrogens with zero attached hydrogens (tertiary/aromatic N) is 1. The second kappa shape index (κ2) is 7.67. The van der Waals surface area contributed by atoms with Crippen molar-refractivity contribution in [3.05, 3.63) is 40.4 Å². The highest BCUT2D eigenvalue weighted by molar-refractivity contribution is 6.37. The number of hydrogen-bond acceptors (Lipinski definition) is 4.